The molecule has 1 spiro atoms. The van der Waals surface area contributed by atoms with Gasteiger partial charge in [-0.3, -0.25) is 57.5 Å². The summed E-state index contributed by atoms with van der Waals surface area (Å²) in [7, 11) is 11.1. The quantitative estimate of drug-likeness (QED) is 0.148. The van der Waals surface area contributed by atoms with Gasteiger partial charge in [0.1, 0.15) is 53.9 Å². The molecule has 7 rings (SSSR count). The van der Waals surface area contributed by atoms with Gasteiger partial charge in [0.2, 0.25) is 70.9 Å². The lowest BCUT2D eigenvalue weighted by Crippen LogP contribution is -2.68. The Kier molecular flexibility index (Phi) is 29.8. The molecule has 0 radical (unpaired) electrons. The zero-order valence-electron chi connectivity index (χ0n) is 63.8. The van der Waals surface area contributed by atoms with Crippen molar-refractivity contribution in [3.05, 3.63) is 12.2 Å². The van der Waals surface area contributed by atoms with Gasteiger partial charge < -0.3 is 64.8 Å². The molecule has 3 heterocycles. The predicted octanol–water partition coefficient (Wildman–Crippen LogP) is 6.06. The Hall–Kier alpha value is -7.08. The lowest BCUT2D eigenvalue weighted by Gasteiger charge is -2.46. The summed E-state index contributed by atoms with van der Waals surface area (Å²) in [5.74, 6) is -14.5. The van der Waals surface area contributed by atoms with E-state index < -0.39 is 198 Å². The summed E-state index contributed by atoms with van der Waals surface area (Å²) in [6.07, 6.45) is -3.59. The van der Waals surface area contributed by atoms with E-state index in [9.17, 15) is 55.1 Å². The van der Waals surface area contributed by atoms with Crippen LogP contribution in [0.15, 0.2) is 12.2 Å². The molecule has 3 aliphatic heterocycles. The molecule has 13 atom stereocenters. The van der Waals surface area contributed by atoms with Crippen LogP contribution in [0.2, 0.25) is 0 Å². The summed E-state index contributed by atoms with van der Waals surface area (Å²) >= 11 is 0. The average molecular weight is 1500 g/mol. The molecule has 12 amide bonds. The van der Waals surface area contributed by atoms with Gasteiger partial charge in [-0.15, -0.1) is 0 Å². The molecule has 0 aromatic rings. The maximum atomic E-state index is 15.6. The van der Waals surface area contributed by atoms with Crippen molar-refractivity contribution >= 4 is 70.9 Å². The van der Waals surface area contributed by atoms with Gasteiger partial charge in [0.25, 0.3) is 0 Å². The number of alkyl halides is 6. The normalized spacial score (nSPS) is 31.8. The van der Waals surface area contributed by atoms with Crippen molar-refractivity contribution in [2.24, 2.45) is 41.4 Å². The molecule has 6 fully saturated rings. The summed E-state index contributed by atoms with van der Waals surface area (Å²) in [5, 5.41) is 8.61. The Labute approximate surface area is 614 Å². The monoisotopic (exact) mass is 1490 g/mol. The van der Waals surface area contributed by atoms with E-state index in [1.54, 1.807) is 39.8 Å². The highest BCUT2D eigenvalue weighted by atomic mass is 19.4. The number of nitrogens with one attached hydrogen (secondary N) is 3. The van der Waals surface area contributed by atoms with Crippen molar-refractivity contribution in [1.29, 1.82) is 0 Å². The van der Waals surface area contributed by atoms with Gasteiger partial charge in [-0.2, -0.15) is 26.3 Å². The fraction of sp³-hybridized carbons (Fsp3) is 0.811. The van der Waals surface area contributed by atoms with Crippen LogP contribution in [0.3, 0.4) is 0 Å². The predicted molar refractivity (Wildman–Crippen MR) is 376 cm³/mol. The van der Waals surface area contributed by atoms with Gasteiger partial charge in [0, 0.05) is 82.5 Å². The Morgan fingerprint density at radius 2 is 1.29 bits per heavy atom. The first kappa shape index (κ1) is 85.2. The SMILES string of the molecule is CCO[C@@H]1C[C@H]2C(=O)NC3(CCC3)C(=O)N(C)[C@@H](C3CCCC3)C(=O)N(C)[C@H](C(=O)N(C)C)CC(=O)N(C)[C@@H](CC)C(=O)N[C@@H]([C@@H](C)CC)C(=O)N(C)CC(=O)N(C)[C@H]3C/C=C\CCN(C3=O)[C@@H](CC3CCC(C(F)(F)F)CC3)C(=O)N(C)CC(=O)N[C@@H](CCC3CCC(C(F)(F)F)C(C)C3)C(=O)N2C1. The molecular weight excluding hydrogens is 1380 g/mol. The number of hydrogen-bond donors (Lipinski definition) is 3. The van der Waals surface area contributed by atoms with Gasteiger partial charge in [-0.1, -0.05) is 59.1 Å². The molecule has 2 saturated heterocycles. The lowest BCUT2D eigenvalue weighted by molar-refractivity contribution is -0.197. The van der Waals surface area contributed by atoms with Gasteiger partial charge in [0.05, 0.1) is 37.5 Å². The minimum Gasteiger partial charge on any atom is -0.377 e. The third-order valence-electron chi connectivity index (χ3n) is 24.0. The Balaban J connectivity index is 1.31. The smallest absolute Gasteiger partial charge is 0.377 e. The third kappa shape index (κ3) is 20.6. The zero-order chi connectivity index (χ0) is 77.9. The van der Waals surface area contributed by atoms with Crippen molar-refractivity contribution in [2.45, 2.75) is 255 Å². The van der Waals surface area contributed by atoms with E-state index in [-0.39, 0.29) is 128 Å². The molecule has 105 heavy (non-hydrogen) atoms. The second-order valence-electron chi connectivity index (χ2n) is 31.3. The molecule has 4 aliphatic carbocycles. The molecule has 4 saturated carbocycles. The third-order valence-corrected chi connectivity index (χ3v) is 24.0. The summed E-state index contributed by atoms with van der Waals surface area (Å²) in [5.41, 5.74) is -1.61. The highest BCUT2D eigenvalue weighted by Crippen LogP contribution is 2.46. The molecule has 3 unspecified atom stereocenters. The molecule has 0 aromatic heterocycles. The summed E-state index contributed by atoms with van der Waals surface area (Å²) in [6.45, 7) is 6.90. The topological polar surface area (TPSA) is 279 Å². The minimum atomic E-state index is -4.47. The van der Waals surface area contributed by atoms with E-state index >= 15 is 28.8 Å². The highest BCUT2D eigenvalue weighted by Gasteiger charge is 2.55. The molecule has 31 heteroatoms. The number of carbonyl (C=O) groups excluding carboxylic acids is 12. The maximum Gasteiger partial charge on any atom is 0.392 e. The van der Waals surface area contributed by atoms with Crippen LogP contribution in [0.25, 0.3) is 0 Å². The second kappa shape index (κ2) is 36.7. The van der Waals surface area contributed by atoms with E-state index in [1.807, 2.05) is 0 Å². The number of likely N-dealkylation sites (N-methyl/N-ethyl adjacent to an activating group) is 7. The van der Waals surface area contributed by atoms with Crippen LogP contribution >= 0.6 is 0 Å². The standard InChI is InChI=1S/C74H116F6N12O13/c1-14-44(4)61-69(102)86(9)43-60(95)88(11)54-25-18-17-21-36-91(68(54)101)57(38-47-26-30-49(31-27-47)73(75,76)77)67(100)85(8)42-58(93)81-52(33-29-46-28-32-51(45(5)37-46)74(78,79)80)65(98)92-41-50(105-16-3)39-55(92)64(97)83-72(34-22-35-72)71(104)90(13)62(48-23-19-20-24-48)70(103)89(12)56(66(99)84(6)7)40-59(94)87(10)53(15-2)63(96)82-61/h17-18,44-57,61-62H,14-16,19-43H2,1-13H3,(H,81,93)(H,82,96)(H,83,97)/b18-17-/t44-,45?,46?,47?,49?,50+,51?,52-,53-,54-,55-,56-,57-,61-,62-/m0/s1. The maximum absolute atomic E-state index is 15.6. The number of rotatable bonds is 12. The van der Waals surface area contributed by atoms with Crippen LogP contribution in [-0.2, 0) is 62.3 Å². The van der Waals surface area contributed by atoms with Gasteiger partial charge in [-0.05, 0) is 152 Å². The van der Waals surface area contributed by atoms with Crippen LogP contribution in [0.5, 0.6) is 0 Å². The number of hydrogen-bond acceptors (Lipinski definition) is 13. The Bertz CT molecular complexity index is 3140. The van der Waals surface area contributed by atoms with E-state index in [4.69, 9.17) is 4.74 Å². The number of amides is 12. The van der Waals surface area contributed by atoms with Gasteiger partial charge in [0.15, 0.2) is 0 Å². The summed E-state index contributed by atoms with van der Waals surface area (Å²) < 4.78 is 91.0. The van der Waals surface area contributed by atoms with E-state index in [0.29, 0.717) is 38.5 Å². The zero-order valence-corrected chi connectivity index (χ0v) is 63.8. The Morgan fingerprint density at radius 1 is 0.648 bits per heavy atom. The number of halogens is 6. The molecular formula is C74H116F6N12O13. The molecule has 0 aromatic carbocycles. The number of carbonyl (C=O) groups is 12. The van der Waals surface area contributed by atoms with Crippen molar-refractivity contribution in [2.75, 3.05) is 89.2 Å². The second-order valence-corrected chi connectivity index (χ2v) is 31.3. The fourth-order valence-corrected chi connectivity index (χ4v) is 17.1. The largest absolute Gasteiger partial charge is 0.392 e. The van der Waals surface area contributed by atoms with E-state index in [0.717, 1.165) is 24.5 Å². The number of nitrogens with zero attached hydrogens (tertiary/aromatic N) is 9. The summed E-state index contributed by atoms with van der Waals surface area (Å²) in [4.78, 5) is 191. The molecule has 592 valence electrons. The fourth-order valence-electron chi connectivity index (χ4n) is 17.1. The van der Waals surface area contributed by atoms with Crippen LogP contribution in [-0.4, -0.2) is 276 Å². The van der Waals surface area contributed by atoms with Crippen LogP contribution in [0.4, 0.5) is 26.3 Å². The first-order chi connectivity index (χ1) is 49.3. The summed E-state index contributed by atoms with van der Waals surface area (Å²) in [6, 6.07) is -10.7. The van der Waals surface area contributed by atoms with E-state index in [2.05, 4.69) is 16.0 Å². The first-order valence-corrected chi connectivity index (χ1v) is 38.0. The molecule has 25 nitrogen and oxygen atoms in total. The Morgan fingerprint density at radius 3 is 1.86 bits per heavy atom. The lowest BCUT2D eigenvalue weighted by atomic mass is 9.73. The number of ether oxygens (including phenoxy) is 1. The average Bonchev–Trinajstić information content (AvgIpc) is 1.70. The van der Waals surface area contributed by atoms with Crippen molar-refractivity contribution in [3.8, 4) is 0 Å². The van der Waals surface area contributed by atoms with Crippen molar-refractivity contribution in [3.63, 3.8) is 0 Å². The molecule has 3 N–H and O–H groups in total. The highest BCUT2D eigenvalue weighted by molar-refractivity contribution is 6.01. The van der Waals surface area contributed by atoms with Crippen molar-refractivity contribution < 1.29 is 88.6 Å². The minimum absolute atomic E-state index is 0.0188. The first-order valence-electron chi connectivity index (χ1n) is 38.0. The van der Waals surface area contributed by atoms with Crippen LogP contribution in [0.1, 0.15) is 182 Å². The van der Waals surface area contributed by atoms with E-state index in [1.165, 1.54) is 82.9 Å². The van der Waals surface area contributed by atoms with Gasteiger partial charge >= 0.3 is 12.4 Å². The van der Waals surface area contributed by atoms with Crippen LogP contribution in [0, 0.1) is 41.4 Å². The van der Waals surface area contributed by atoms with Crippen LogP contribution < -0.4 is 16.0 Å². The van der Waals surface area contributed by atoms with Crippen molar-refractivity contribution in [1.82, 2.24) is 60.0 Å². The van der Waals surface area contributed by atoms with Gasteiger partial charge in [-0.25, -0.2) is 0 Å². The molecule has 2 bridgehead atoms. The molecule has 7 aliphatic rings. The number of fused-ring (bicyclic) bond motifs is 3.